The van der Waals surface area contributed by atoms with Crippen molar-refractivity contribution in [2.45, 2.75) is 39.6 Å². The third kappa shape index (κ3) is 10.5. The largest absolute Gasteiger partial charge is 0.510 e. The van der Waals surface area contributed by atoms with Gasteiger partial charge in [-0.05, 0) is 65.6 Å². The van der Waals surface area contributed by atoms with Crippen LogP contribution in [0.25, 0.3) is 33.5 Å². The number of carbonyl (C=O) groups is 2. The SMILES string of the molecule is CCOc1nc2cccc(C(=O)Oc3cccc(CON(O)O)c3)c2n1Cc1ccc(-c2ccccc2-c2nnn(C(C)OC(=O)OCCCON(O)O)n2)cc1. The van der Waals surface area contributed by atoms with E-state index < -0.39 is 29.1 Å². The molecule has 1 unspecified atom stereocenters. The van der Waals surface area contributed by atoms with Crippen LogP contribution in [0.4, 0.5) is 4.79 Å². The summed E-state index contributed by atoms with van der Waals surface area (Å²) >= 11 is 0. The fourth-order valence-electron chi connectivity index (χ4n) is 5.68. The molecule has 2 heterocycles. The highest BCUT2D eigenvalue weighted by atomic mass is 17.1. The molecule has 0 bridgehead atoms. The van der Waals surface area contributed by atoms with Crippen molar-refractivity contribution in [2.24, 2.45) is 0 Å². The molecule has 0 fully saturated rings. The second kappa shape index (κ2) is 19.0. The van der Waals surface area contributed by atoms with Crippen molar-refractivity contribution in [2.75, 3.05) is 19.8 Å². The van der Waals surface area contributed by atoms with Gasteiger partial charge in [0.15, 0.2) is 0 Å². The molecule has 0 aliphatic carbocycles. The van der Waals surface area contributed by atoms with Gasteiger partial charge < -0.3 is 18.9 Å². The summed E-state index contributed by atoms with van der Waals surface area (Å²) in [5.74, 6) is -0.108. The molecule has 1 atom stereocenters. The van der Waals surface area contributed by atoms with Gasteiger partial charge in [-0.25, -0.2) is 14.4 Å². The smallest absolute Gasteiger partial charge is 0.465 e. The number of hydrogen-bond acceptors (Lipinski definition) is 18. The molecule has 0 aliphatic rings. The van der Waals surface area contributed by atoms with Crippen LogP contribution < -0.4 is 9.47 Å². The molecule has 6 rings (SSSR count). The first-order valence-corrected chi connectivity index (χ1v) is 17.5. The average Bonchev–Trinajstić information content (AvgIpc) is 3.83. The first-order chi connectivity index (χ1) is 27.6. The minimum absolute atomic E-state index is 0.0865. The molecule has 4 N–H and O–H groups in total. The molecular formula is C37H38N8O12. The number of imidazole rings is 1. The number of ether oxygens (including phenoxy) is 4. The maximum absolute atomic E-state index is 13.6. The standard InChI is InChI=1S/C37H38N8O12/c1-3-52-36-38-32-14-7-13-31(35(46)57-28-10-6-9-26(21-28)23-55-45(50)51)33(32)42(36)22-25-15-17-27(18-16-25)29-11-4-5-12-30(29)34-39-41-43(40-34)24(2)56-37(47)53-19-8-20-54-44(48)49/h4-7,9-18,21,24,48-51H,3,8,19-20,22-23H2,1-2H3. The van der Waals surface area contributed by atoms with Gasteiger partial charge in [-0.3, -0.25) is 30.2 Å². The highest BCUT2D eigenvalue weighted by molar-refractivity contribution is 6.03. The number of nitrogens with zero attached hydrogens (tertiary/aromatic N) is 8. The first kappa shape index (κ1) is 40.3. The lowest BCUT2D eigenvalue weighted by Gasteiger charge is -2.13. The van der Waals surface area contributed by atoms with E-state index in [9.17, 15) is 9.59 Å². The molecule has 0 spiro atoms. The zero-order valence-electron chi connectivity index (χ0n) is 30.6. The second-order valence-corrected chi connectivity index (χ2v) is 12.1. The quantitative estimate of drug-likeness (QED) is 0.0358. The molecule has 0 saturated heterocycles. The summed E-state index contributed by atoms with van der Waals surface area (Å²) in [6.07, 6.45) is -1.74. The van der Waals surface area contributed by atoms with Crippen LogP contribution >= 0.6 is 0 Å². The van der Waals surface area contributed by atoms with Crippen molar-refractivity contribution < 1.29 is 59.0 Å². The predicted molar refractivity (Wildman–Crippen MR) is 193 cm³/mol. The van der Waals surface area contributed by atoms with Gasteiger partial charge in [-0.15, -0.1) is 15.0 Å². The van der Waals surface area contributed by atoms with Crippen LogP contribution in [0.15, 0.2) is 91.0 Å². The highest BCUT2D eigenvalue weighted by Gasteiger charge is 2.22. The van der Waals surface area contributed by atoms with Gasteiger partial charge in [0.25, 0.3) is 6.01 Å². The van der Waals surface area contributed by atoms with Gasteiger partial charge in [0, 0.05) is 12.0 Å². The zero-order chi connectivity index (χ0) is 40.3. The lowest BCUT2D eigenvalue weighted by atomic mass is 9.98. The van der Waals surface area contributed by atoms with E-state index in [2.05, 4.69) is 30.1 Å². The van der Waals surface area contributed by atoms with E-state index in [0.717, 1.165) is 21.5 Å². The first-order valence-electron chi connectivity index (χ1n) is 17.5. The molecule has 0 radical (unpaired) electrons. The molecule has 57 heavy (non-hydrogen) atoms. The van der Waals surface area contributed by atoms with E-state index in [1.807, 2.05) is 60.0 Å². The molecule has 20 nitrogen and oxygen atoms in total. The topological polar surface area (TPSA) is 238 Å². The monoisotopic (exact) mass is 786 g/mol. The van der Waals surface area contributed by atoms with Gasteiger partial charge in [-0.2, -0.15) is 4.98 Å². The summed E-state index contributed by atoms with van der Waals surface area (Å²) in [6, 6.07) is 27.2. The van der Waals surface area contributed by atoms with Crippen molar-refractivity contribution in [3.63, 3.8) is 0 Å². The normalized spacial score (nSPS) is 11.9. The van der Waals surface area contributed by atoms with Gasteiger partial charge in [0.05, 0.1) is 60.3 Å². The van der Waals surface area contributed by atoms with Crippen molar-refractivity contribution in [3.05, 3.63) is 108 Å². The Kier molecular flexibility index (Phi) is 13.4. The number of para-hydroxylation sites is 1. The molecule has 2 aromatic heterocycles. The Bertz CT molecular complexity index is 2280. The average molecular weight is 787 g/mol. The number of tetrazole rings is 1. The Morgan fingerprint density at radius 1 is 0.842 bits per heavy atom. The summed E-state index contributed by atoms with van der Waals surface area (Å²) in [5.41, 5.74) is 5.08. The Hall–Kier alpha value is -6.36. The Morgan fingerprint density at radius 3 is 2.35 bits per heavy atom. The van der Waals surface area contributed by atoms with Crippen LogP contribution in [-0.2, 0) is 32.3 Å². The van der Waals surface area contributed by atoms with E-state index >= 15 is 0 Å². The molecule has 0 saturated carbocycles. The van der Waals surface area contributed by atoms with Gasteiger partial charge in [-0.1, -0.05) is 66.7 Å². The molecule has 0 aliphatic heterocycles. The number of hydrogen-bond donors (Lipinski definition) is 4. The van der Waals surface area contributed by atoms with Crippen molar-refractivity contribution in [1.82, 2.24) is 40.5 Å². The molecular weight excluding hydrogens is 748 g/mol. The maximum Gasteiger partial charge on any atom is 0.510 e. The summed E-state index contributed by atoms with van der Waals surface area (Å²) < 4.78 is 23.6. The van der Waals surface area contributed by atoms with Crippen LogP contribution in [0, 0.1) is 0 Å². The summed E-state index contributed by atoms with van der Waals surface area (Å²) in [7, 11) is 0. The molecule has 0 amide bonds. The van der Waals surface area contributed by atoms with Gasteiger partial charge in [0.1, 0.15) is 5.75 Å². The van der Waals surface area contributed by atoms with Crippen LogP contribution in [0.1, 0.15) is 48.0 Å². The lowest BCUT2D eigenvalue weighted by molar-refractivity contribution is -0.497. The minimum atomic E-state index is -0.978. The fourth-order valence-corrected chi connectivity index (χ4v) is 5.68. The highest BCUT2D eigenvalue weighted by Crippen LogP contribution is 2.32. The van der Waals surface area contributed by atoms with Crippen LogP contribution in [0.3, 0.4) is 0 Å². The summed E-state index contributed by atoms with van der Waals surface area (Å²) in [6.45, 7) is 3.68. The van der Waals surface area contributed by atoms with E-state index in [-0.39, 0.29) is 37.6 Å². The van der Waals surface area contributed by atoms with Gasteiger partial charge in [0.2, 0.25) is 12.1 Å². The van der Waals surface area contributed by atoms with Crippen molar-refractivity contribution >= 4 is 23.2 Å². The minimum Gasteiger partial charge on any atom is -0.465 e. The Morgan fingerprint density at radius 2 is 1.60 bits per heavy atom. The fraction of sp³-hybridized carbons (Fsp3) is 0.243. The zero-order valence-corrected chi connectivity index (χ0v) is 30.6. The summed E-state index contributed by atoms with van der Waals surface area (Å²) in [5, 5.41) is 46.7. The molecule has 20 heteroatoms. The van der Waals surface area contributed by atoms with E-state index in [1.165, 1.54) is 0 Å². The number of esters is 1. The molecule has 298 valence electrons. The van der Waals surface area contributed by atoms with E-state index in [4.69, 9.17) is 39.8 Å². The van der Waals surface area contributed by atoms with Gasteiger partial charge >= 0.3 is 12.1 Å². The molecule has 4 aromatic carbocycles. The predicted octanol–water partition coefficient (Wildman–Crippen LogP) is 5.61. The number of rotatable bonds is 18. The van der Waals surface area contributed by atoms with Crippen LogP contribution in [0.2, 0.25) is 0 Å². The van der Waals surface area contributed by atoms with E-state index in [0.29, 0.717) is 47.1 Å². The van der Waals surface area contributed by atoms with Crippen molar-refractivity contribution in [3.8, 4) is 34.3 Å². The maximum atomic E-state index is 13.6. The van der Waals surface area contributed by atoms with E-state index in [1.54, 1.807) is 49.4 Å². The van der Waals surface area contributed by atoms with Crippen LogP contribution in [0.5, 0.6) is 11.8 Å². The van der Waals surface area contributed by atoms with Crippen molar-refractivity contribution in [1.29, 1.82) is 0 Å². The van der Waals surface area contributed by atoms with Crippen LogP contribution in [-0.4, -0.2) is 93.3 Å². The Labute approximate surface area is 323 Å². The molecule has 6 aromatic rings. The Balaban J connectivity index is 1.18. The number of fused-ring (bicyclic) bond motifs is 1. The lowest BCUT2D eigenvalue weighted by Crippen LogP contribution is -2.19. The number of benzene rings is 4. The summed E-state index contributed by atoms with van der Waals surface area (Å²) in [4.78, 5) is 40.6. The number of carbonyl (C=O) groups excluding carboxylic acids is 2. The number of aromatic nitrogens is 6. The third-order valence-corrected chi connectivity index (χ3v) is 8.19. The second-order valence-electron chi connectivity index (χ2n) is 12.1. The third-order valence-electron chi connectivity index (χ3n) is 8.19.